The molecule has 3 fully saturated rings. The van der Waals surface area contributed by atoms with Crippen LogP contribution in [0, 0.1) is 53.3 Å². The molecule has 3 heterocycles. The Kier molecular flexibility index (Phi) is 25.4. The number of aliphatic imine (C=N–C) groups is 1. The fourth-order valence-electron chi connectivity index (χ4n) is 10.5. The summed E-state index contributed by atoms with van der Waals surface area (Å²) in [7, 11) is 0. The smallest absolute Gasteiger partial charge is 0.329 e. The number of piperidine rings is 1. The van der Waals surface area contributed by atoms with Gasteiger partial charge in [-0.1, -0.05) is 97.4 Å². The van der Waals surface area contributed by atoms with Crippen LogP contribution in [0.5, 0.6) is 0 Å². The van der Waals surface area contributed by atoms with Gasteiger partial charge in [0, 0.05) is 43.2 Å². The van der Waals surface area contributed by atoms with Crippen LogP contribution >= 0.6 is 0 Å². The van der Waals surface area contributed by atoms with Crippen LogP contribution < -0.4 is 5.73 Å². The lowest BCUT2D eigenvalue weighted by Gasteiger charge is -2.44. The summed E-state index contributed by atoms with van der Waals surface area (Å²) in [6.45, 7) is 19.4. The number of hydrogen-bond donors (Lipinski definition) is 6. The van der Waals surface area contributed by atoms with E-state index in [0.29, 0.717) is 69.9 Å². The fourth-order valence-corrected chi connectivity index (χ4v) is 10.5. The van der Waals surface area contributed by atoms with Crippen LogP contribution in [0.3, 0.4) is 0 Å². The van der Waals surface area contributed by atoms with Gasteiger partial charge in [-0.15, -0.1) is 0 Å². The van der Waals surface area contributed by atoms with E-state index < -0.39 is 59.8 Å². The highest BCUT2D eigenvalue weighted by Gasteiger charge is 2.51. The summed E-state index contributed by atoms with van der Waals surface area (Å²) >= 11 is 0. The van der Waals surface area contributed by atoms with E-state index >= 15 is 0 Å². The number of ketones is 2. The molecule has 2 saturated heterocycles. The first-order chi connectivity index (χ1) is 32.6. The van der Waals surface area contributed by atoms with E-state index in [1.54, 1.807) is 26.8 Å². The molecule has 3 aliphatic heterocycles. The third-order valence-corrected chi connectivity index (χ3v) is 15.3. The lowest BCUT2D eigenvalue weighted by atomic mass is 9.75. The Bertz CT molecular complexity index is 1810. The summed E-state index contributed by atoms with van der Waals surface area (Å²) in [4.78, 5) is 63.0. The number of aliphatic hydroxyl groups excluding tert-OH is 4. The van der Waals surface area contributed by atoms with Gasteiger partial charge >= 0.3 is 5.97 Å². The van der Waals surface area contributed by atoms with Gasteiger partial charge in [-0.3, -0.25) is 19.4 Å². The Morgan fingerprint density at radius 2 is 1.55 bits per heavy atom. The standard InChI is InChI=1S/C53H84N2O10.C2H7NO/c1-32-16-12-11-13-17-33(2)34(3)30-43-21-19-40(9)53(63,65-43)50(54-23-25-56)51(61)55-24-15-14-18-44(55)52(62)64-47(37(6)29-42-20-22-45(57)36(5)28-42)31-46(58)35(4)27-39(8)49(60)41(10)48(59)38(7)26-32;3-1-2-4/h11-13,16-17,27,32,34-38,40-45,47,49,56-57,60,63H,14-15,18-26,28-31H2,1-10H3;4H,1-3H2/b13-11+,16-12+,33-17+,39-27+,54-50?;/t32-,34+,35-,36-,37-,38-,40-,41+,42?,43+,44+,45-,47?,49-,53-;/m1./s1. The van der Waals surface area contributed by atoms with E-state index in [9.17, 15) is 39.6 Å². The predicted molar refractivity (Wildman–Crippen MR) is 271 cm³/mol. The number of nitrogens with zero attached hydrogens (tertiary/aromatic N) is 2. The predicted octanol–water partition coefficient (Wildman–Crippen LogP) is 6.85. The number of nitrogens with two attached hydrogens (primary N) is 1. The summed E-state index contributed by atoms with van der Waals surface area (Å²) in [6.07, 6.45) is 16.0. The Balaban J connectivity index is 0.00000303. The van der Waals surface area contributed by atoms with Gasteiger partial charge in [0.05, 0.1) is 38.1 Å². The topological polar surface area (TPSA) is 230 Å². The van der Waals surface area contributed by atoms with Crippen LogP contribution in [0.25, 0.3) is 0 Å². The zero-order chi connectivity index (χ0) is 51.6. The molecule has 0 aromatic rings. The molecule has 2 unspecified atom stereocenters. The molecule has 4 aliphatic rings. The maximum absolute atomic E-state index is 14.8. The van der Waals surface area contributed by atoms with Gasteiger partial charge in [0.25, 0.3) is 5.91 Å². The molecule has 1 saturated carbocycles. The van der Waals surface area contributed by atoms with Gasteiger partial charge in [-0.2, -0.15) is 0 Å². The van der Waals surface area contributed by atoms with Crippen molar-refractivity contribution in [3.05, 3.63) is 47.6 Å². The quantitative estimate of drug-likeness (QED) is 0.119. The van der Waals surface area contributed by atoms with Crippen molar-refractivity contribution in [2.24, 2.45) is 64.0 Å². The minimum Gasteiger partial charge on any atom is -0.460 e. The molecule has 14 nitrogen and oxygen atoms in total. The zero-order valence-electron chi connectivity index (χ0n) is 43.7. The minimum absolute atomic E-state index is 0.0428. The maximum Gasteiger partial charge on any atom is 0.329 e. The minimum atomic E-state index is -2.06. The first-order valence-electron chi connectivity index (χ1n) is 26.1. The van der Waals surface area contributed by atoms with Crippen molar-refractivity contribution in [2.75, 3.05) is 32.8 Å². The average Bonchev–Trinajstić information content (AvgIpc) is 3.32. The molecule has 69 heavy (non-hydrogen) atoms. The van der Waals surface area contributed by atoms with Crippen LogP contribution in [0.1, 0.15) is 146 Å². The second-order valence-corrected chi connectivity index (χ2v) is 21.2. The highest BCUT2D eigenvalue weighted by atomic mass is 16.6. The Labute approximate surface area is 414 Å². The second kappa shape index (κ2) is 29.2. The van der Waals surface area contributed by atoms with E-state index in [2.05, 4.69) is 31.8 Å². The van der Waals surface area contributed by atoms with Crippen LogP contribution in [-0.2, 0) is 28.7 Å². The van der Waals surface area contributed by atoms with Crippen molar-refractivity contribution in [3.63, 3.8) is 0 Å². The summed E-state index contributed by atoms with van der Waals surface area (Å²) < 4.78 is 12.9. The summed E-state index contributed by atoms with van der Waals surface area (Å²) in [6, 6.07) is -1.01. The van der Waals surface area contributed by atoms with Gasteiger partial charge in [-0.05, 0) is 120 Å². The molecule has 0 radical (unpaired) electrons. The molecule has 14 heteroatoms. The van der Waals surface area contributed by atoms with Gasteiger partial charge in [-0.25, -0.2) is 4.79 Å². The fraction of sp³-hybridized carbons (Fsp3) is 0.764. The normalized spacial score (nSPS) is 39.1. The maximum atomic E-state index is 14.8. The van der Waals surface area contributed by atoms with Gasteiger partial charge in [0.2, 0.25) is 5.79 Å². The van der Waals surface area contributed by atoms with Crippen LogP contribution in [-0.4, -0.2) is 129 Å². The van der Waals surface area contributed by atoms with Crippen LogP contribution in [0.15, 0.2) is 52.6 Å². The van der Waals surface area contributed by atoms with Gasteiger partial charge in [0.15, 0.2) is 5.71 Å². The number of amides is 1. The van der Waals surface area contributed by atoms with Crippen molar-refractivity contribution >= 4 is 29.2 Å². The number of hydrogen-bond acceptors (Lipinski definition) is 13. The van der Waals surface area contributed by atoms with Crippen molar-refractivity contribution in [1.29, 1.82) is 0 Å². The van der Waals surface area contributed by atoms with E-state index in [4.69, 9.17) is 20.3 Å². The number of Topliss-reactive ketones (excluding diaryl/α,β-unsaturated/α-hetero) is 2. The molecule has 4 rings (SSSR count). The van der Waals surface area contributed by atoms with E-state index in [-0.39, 0.29) is 91.6 Å². The summed E-state index contributed by atoms with van der Waals surface area (Å²) in [5.41, 5.74) is 6.19. The van der Waals surface area contributed by atoms with Crippen molar-refractivity contribution in [3.8, 4) is 0 Å². The molecular formula is C55H91N3O11. The highest BCUT2D eigenvalue weighted by Crippen LogP contribution is 2.39. The number of allylic oxidation sites excluding steroid dienone is 7. The van der Waals surface area contributed by atoms with Crippen molar-refractivity contribution < 1.29 is 54.2 Å². The van der Waals surface area contributed by atoms with Gasteiger partial charge in [0.1, 0.15) is 23.7 Å². The van der Waals surface area contributed by atoms with E-state index in [1.165, 1.54) is 4.90 Å². The first kappa shape index (κ1) is 59.9. The number of rotatable bonds is 6. The van der Waals surface area contributed by atoms with E-state index in [0.717, 1.165) is 18.4 Å². The molecule has 392 valence electrons. The lowest BCUT2D eigenvalue weighted by Crippen LogP contribution is -2.61. The first-order valence-corrected chi connectivity index (χ1v) is 26.1. The molecule has 0 aromatic heterocycles. The third-order valence-electron chi connectivity index (χ3n) is 15.3. The molecule has 0 spiro atoms. The Morgan fingerprint density at radius 1 is 0.855 bits per heavy atom. The summed E-state index contributed by atoms with van der Waals surface area (Å²) in [5.74, 6) is -5.35. The number of cyclic esters (lactones) is 1. The molecule has 0 aromatic carbocycles. The number of ether oxygens (including phenoxy) is 2. The third kappa shape index (κ3) is 17.7. The van der Waals surface area contributed by atoms with Crippen molar-refractivity contribution in [2.45, 2.75) is 183 Å². The number of carbonyl (C=O) groups excluding carboxylic acids is 4. The monoisotopic (exact) mass is 970 g/mol. The number of fused-ring (bicyclic) bond motifs is 3. The highest BCUT2D eigenvalue weighted by molar-refractivity contribution is 6.41. The zero-order valence-corrected chi connectivity index (χ0v) is 43.7. The van der Waals surface area contributed by atoms with E-state index in [1.807, 2.05) is 52.0 Å². The SMILES string of the molecule is C/C1=C\[C@@H](C)C(=O)CC([C@H](C)CC2CC[C@@H](O)[C@H](C)C2)OC(=O)[C@@H]2CCCCN2C(=O)C(=NCCO)[C@]2(O)O[C@@H](CC[C@H]2C)C[C@H](C)/C(C)=C/C=C/C=C/[C@@H](C)C[C@@H](C)C(=O)[C@H](C)[C@@H]1O.NCCO. The average molecular weight is 970 g/mol. The van der Waals surface area contributed by atoms with Crippen LogP contribution in [0.2, 0.25) is 0 Å². The van der Waals surface area contributed by atoms with Gasteiger partial charge < -0.3 is 45.6 Å². The lowest BCUT2D eigenvalue weighted by molar-refractivity contribution is -0.237. The summed E-state index contributed by atoms with van der Waals surface area (Å²) in [5, 5.41) is 51.9. The molecule has 15 atom stereocenters. The number of esters is 1. The number of aliphatic hydroxyl groups is 5. The van der Waals surface area contributed by atoms with Crippen molar-refractivity contribution in [1.82, 2.24) is 4.90 Å². The Hall–Kier alpha value is -3.37. The molecule has 1 aliphatic carbocycles. The molecular weight excluding hydrogens is 879 g/mol. The molecule has 2 bridgehead atoms. The van der Waals surface area contributed by atoms with Crippen LogP contribution in [0.4, 0.5) is 0 Å². The molecule has 1 amide bonds. The largest absolute Gasteiger partial charge is 0.460 e. The molecule has 7 N–H and O–H groups in total. The second-order valence-electron chi connectivity index (χ2n) is 21.2. The number of carbonyl (C=O) groups is 4. The Morgan fingerprint density at radius 3 is 2.20 bits per heavy atom.